The molecule has 3 amide bonds. The van der Waals surface area contributed by atoms with E-state index in [-0.39, 0.29) is 12.1 Å². The lowest BCUT2D eigenvalue weighted by Gasteiger charge is -2.18. The highest BCUT2D eigenvalue weighted by Crippen LogP contribution is 2.12. The fourth-order valence-electron chi connectivity index (χ4n) is 1.90. The van der Waals surface area contributed by atoms with Gasteiger partial charge in [0, 0.05) is 13.1 Å². The molecule has 21 heavy (non-hydrogen) atoms. The van der Waals surface area contributed by atoms with E-state index in [2.05, 4.69) is 5.32 Å². The Labute approximate surface area is 120 Å². The standard InChI is InChI=1S/C14H15FN2O4/c1-8-3-4-10(7-11(8)15)13(19)21-9(2)12(18)17-6-5-16-14(17)20/h3-4,7,9H,5-6H2,1-2H3,(H,16,20). The minimum atomic E-state index is -1.12. The third-order valence-corrected chi connectivity index (χ3v) is 3.16. The van der Waals surface area contributed by atoms with Crippen LogP contribution in [0.25, 0.3) is 0 Å². The number of rotatable bonds is 3. The molecular formula is C14H15FN2O4. The number of esters is 1. The number of nitrogens with one attached hydrogen (secondary N) is 1. The molecule has 0 radical (unpaired) electrons. The van der Waals surface area contributed by atoms with E-state index in [0.29, 0.717) is 12.1 Å². The topological polar surface area (TPSA) is 75.7 Å². The molecule has 1 aromatic carbocycles. The van der Waals surface area contributed by atoms with Gasteiger partial charge in [-0.25, -0.2) is 14.0 Å². The van der Waals surface area contributed by atoms with Gasteiger partial charge in [0.25, 0.3) is 5.91 Å². The van der Waals surface area contributed by atoms with Gasteiger partial charge in [0.05, 0.1) is 5.56 Å². The van der Waals surface area contributed by atoms with Gasteiger partial charge in [0.2, 0.25) is 0 Å². The number of halogens is 1. The molecule has 1 saturated heterocycles. The molecule has 6 nitrogen and oxygen atoms in total. The van der Waals surface area contributed by atoms with E-state index in [9.17, 15) is 18.8 Å². The molecule has 0 saturated carbocycles. The van der Waals surface area contributed by atoms with Crippen molar-refractivity contribution >= 4 is 17.9 Å². The summed E-state index contributed by atoms with van der Waals surface area (Å²) < 4.78 is 18.4. The molecule has 1 fully saturated rings. The average molecular weight is 294 g/mol. The highest BCUT2D eigenvalue weighted by molar-refractivity contribution is 5.99. The molecule has 1 N–H and O–H groups in total. The SMILES string of the molecule is Cc1ccc(C(=O)OC(C)C(=O)N2CCNC2=O)cc1F. The Bertz CT molecular complexity index is 603. The maximum absolute atomic E-state index is 13.4. The maximum Gasteiger partial charge on any atom is 0.339 e. The van der Waals surface area contributed by atoms with E-state index < -0.39 is 29.8 Å². The summed E-state index contributed by atoms with van der Waals surface area (Å²) in [5, 5.41) is 2.48. The van der Waals surface area contributed by atoms with Crippen LogP contribution in [-0.2, 0) is 9.53 Å². The smallest absolute Gasteiger partial charge is 0.339 e. The third kappa shape index (κ3) is 3.18. The number of hydrogen-bond acceptors (Lipinski definition) is 4. The molecule has 0 bridgehead atoms. The first kappa shape index (κ1) is 15.0. The Morgan fingerprint density at radius 2 is 2.14 bits per heavy atom. The molecule has 1 aromatic rings. The van der Waals surface area contributed by atoms with Crippen LogP contribution in [0.2, 0.25) is 0 Å². The second kappa shape index (κ2) is 5.90. The fraction of sp³-hybridized carbons (Fsp3) is 0.357. The van der Waals surface area contributed by atoms with Gasteiger partial charge < -0.3 is 10.1 Å². The molecule has 1 atom stereocenters. The molecule has 0 aliphatic carbocycles. The van der Waals surface area contributed by atoms with E-state index in [1.54, 1.807) is 6.92 Å². The zero-order valence-corrected chi connectivity index (χ0v) is 11.7. The highest BCUT2D eigenvalue weighted by atomic mass is 19.1. The fourth-order valence-corrected chi connectivity index (χ4v) is 1.90. The molecule has 1 aliphatic heterocycles. The number of ether oxygens (including phenoxy) is 1. The summed E-state index contributed by atoms with van der Waals surface area (Å²) in [5.74, 6) is -1.94. The van der Waals surface area contributed by atoms with E-state index in [0.717, 1.165) is 11.0 Å². The largest absolute Gasteiger partial charge is 0.449 e. The van der Waals surface area contributed by atoms with Gasteiger partial charge in [-0.3, -0.25) is 9.69 Å². The number of urea groups is 1. The molecule has 1 heterocycles. The first-order valence-electron chi connectivity index (χ1n) is 6.46. The van der Waals surface area contributed by atoms with Gasteiger partial charge in [0.1, 0.15) is 5.82 Å². The van der Waals surface area contributed by atoms with Crippen LogP contribution in [0.3, 0.4) is 0 Å². The Morgan fingerprint density at radius 1 is 1.43 bits per heavy atom. The van der Waals surface area contributed by atoms with Crippen LogP contribution >= 0.6 is 0 Å². The molecule has 1 unspecified atom stereocenters. The maximum atomic E-state index is 13.4. The summed E-state index contributed by atoms with van der Waals surface area (Å²) in [7, 11) is 0. The van der Waals surface area contributed by atoms with E-state index in [1.807, 2.05) is 0 Å². The van der Waals surface area contributed by atoms with Crippen LogP contribution in [0.1, 0.15) is 22.8 Å². The van der Waals surface area contributed by atoms with Crippen molar-refractivity contribution in [2.45, 2.75) is 20.0 Å². The zero-order chi connectivity index (χ0) is 15.6. The molecule has 0 spiro atoms. The number of benzene rings is 1. The van der Waals surface area contributed by atoms with Crippen LogP contribution in [0.15, 0.2) is 18.2 Å². The summed E-state index contributed by atoms with van der Waals surface area (Å²) in [4.78, 5) is 36.2. The number of carbonyl (C=O) groups excluding carboxylic acids is 3. The number of nitrogens with zero attached hydrogens (tertiary/aromatic N) is 1. The summed E-state index contributed by atoms with van der Waals surface area (Å²) in [6.45, 7) is 3.55. The number of carbonyl (C=O) groups is 3. The number of amides is 3. The lowest BCUT2D eigenvalue weighted by molar-refractivity contribution is -0.136. The lowest BCUT2D eigenvalue weighted by Crippen LogP contribution is -2.41. The summed E-state index contributed by atoms with van der Waals surface area (Å²) in [6.07, 6.45) is -1.12. The highest BCUT2D eigenvalue weighted by Gasteiger charge is 2.31. The van der Waals surface area contributed by atoms with E-state index in [1.165, 1.54) is 19.1 Å². The molecule has 1 aliphatic rings. The van der Waals surface area contributed by atoms with Crippen molar-refractivity contribution in [1.82, 2.24) is 10.2 Å². The quantitative estimate of drug-likeness (QED) is 0.851. The van der Waals surface area contributed by atoms with Gasteiger partial charge in [0.15, 0.2) is 6.10 Å². The summed E-state index contributed by atoms with van der Waals surface area (Å²) in [6, 6.07) is 3.41. The van der Waals surface area contributed by atoms with Crippen LogP contribution < -0.4 is 5.32 Å². The zero-order valence-electron chi connectivity index (χ0n) is 11.7. The molecule has 7 heteroatoms. The average Bonchev–Trinajstić information content (AvgIpc) is 2.87. The van der Waals surface area contributed by atoms with E-state index in [4.69, 9.17) is 4.74 Å². The van der Waals surface area contributed by atoms with Crippen LogP contribution in [-0.4, -0.2) is 42.0 Å². The normalized spacial score (nSPS) is 15.6. The van der Waals surface area contributed by atoms with Crippen LogP contribution in [0.5, 0.6) is 0 Å². The molecular weight excluding hydrogens is 279 g/mol. The van der Waals surface area contributed by atoms with Gasteiger partial charge in [-0.05, 0) is 31.5 Å². The second-order valence-electron chi connectivity index (χ2n) is 4.73. The number of imide groups is 1. The summed E-state index contributed by atoms with van der Waals surface area (Å²) >= 11 is 0. The van der Waals surface area contributed by atoms with E-state index >= 15 is 0 Å². The van der Waals surface area contributed by atoms with Crippen molar-refractivity contribution in [2.75, 3.05) is 13.1 Å². The lowest BCUT2D eigenvalue weighted by atomic mass is 10.1. The monoisotopic (exact) mass is 294 g/mol. The summed E-state index contributed by atoms with van der Waals surface area (Å²) in [5.41, 5.74) is 0.424. The van der Waals surface area contributed by atoms with Crippen molar-refractivity contribution in [1.29, 1.82) is 0 Å². The second-order valence-corrected chi connectivity index (χ2v) is 4.73. The van der Waals surface area contributed by atoms with Gasteiger partial charge >= 0.3 is 12.0 Å². The van der Waals surface area contributed by atoms with Gasteiger partial charge in [-0.2, -0.15) is 0 Å². The molecule has 0 aromatic heterocycles. The predicted octanol–water partition coefficient (Wildman–Crippen LogP) is 1.23. The number of aryl methyl sites for hydroxylation is 1. The molecule has 112 valence electrons. The van der Waals surface area contributed by atoms with Crippen LogP contribution in [0.4, 0.5) is 9.18 Å². The van der Waals surface area contributed by atoms with Crippen molar-refractivity contribution in [2.24, 2.45) is 0 Å². The Hall–Kier alpha value is -2.44. The Morgan fingerprint density at radius 3 is 2.71 bits per heavy atom. The van der Waals surface area contributed by atoms with Crippen molar-refractivity contribution in [3.8, 4) is 0 Å². The van der Waals surface area contributed by atoms with Crippen molar-refractivity contribution in [3.05, 3.63) is 35.1 Å². The van der Waals surface area contributed by atoms with Crippen LogP contribution in [0, 0.1) is 12.7 Å². The Kier molecular flexibility index (Phi) is 4.21. The van der Waals surface area contributed by atoms with Crippen molar-refractivity contribution < 1.29 is 23.5 Å². The minimum Gasteiger partial charge on any atom is -0.449 e. The third-order valence-electron chi connectivity index (χ3n) is 3.16. The Balaban J connectivity index is 2.03. The first-order chi connectivity index (χ1) is 9.90. The number of hydrogen-bond donors (Lipinski definition) is 1. The first-order valence-corrected chi connectivity index (χ1v) is 6.46. The molecule has 2 rings (SSSR count). The van der Waals surface area contributed by atoms with Gasteiger partial charge in [-0.15, -0.1) is 0 Å². The minimum absolute atomic E-state index is 0.0172. The van der Waals surface area contributed by atoms with Crippen molar-refractivity contribution in [3.63, 3.8) is 0 Å². The van der Waals surface area contributed by atoms with Gasteiger partial charge in [-0.1, -0.05) is 6.07 Å². The predicted molar refractivity (Wildman–Crippen MR) is 71.1 cm³/mol.